The van der Waals surface area contributed by atoms with E-state index >= 15 is 0 Å². The molecule has 0 amide bonds. The Morgan fingerprint density at radius 2 is 2.12 bits per heavy atom. The fraction of sp³-hybridized carbons (Fsp3) is 0.357. The minimum absolute atomic E-state index is 0.952. The maximum Gasteiger partial charge on any atom is 0.177 e. The topological polar surface area (TPSA) is 12.9 Å². The molecule has 0 fully saturated rings. The third-order valence-electron chi connectivity index (χ3n) is 3.24. The van der Waals surface area contributed by atoms with Crippen LogP contribution >= 0.6 is 11.1 Å². The van der Waals surface area contributed by atoms with Crippen LogP contribution in [-0.4, -0.2) is 12.4 Å². The minimum Gasteiger partial charge on any atom is -0.261 e. The molecule has 0 bridgehead atoms. The van der Waals surface area contributed by atoms with Gasteiger partial charge in [0.05, 0.1) is 0 Å². The molecule has 3 heteroatoms. The Morgan fingerprint density at radius 1 is 1.35 bits per heavy atom. The number of halogens is 1. The Kier molecular flexibility index (Phi) is 3.55. The molecule has 0 saturated heterocycles. The lowest BCUT2D eigenvalue weighted by Gasteiger charge is -2.15. The lowest BCUT2D eigenvalue weighted by Crippen LogP contribution is -2.20. The van der Waals surface area contributed by atoms with Crippen LogP contribution in [0.5, 0.6) is 0 Å². The van der Waals surface area contributed by atoms with Crippen molar-refractivity contribution in [3.05, 3.63) is 52.5 Å². The number of aromatic nitrogens is 1. The second kappa shape index (κ2) is 4.79. The number of pyridine rings is 1. The van der Waals surface area contributed by atoms with E-state index < -0.39 is 7.38 Å². The van der Waals surface area contributed by atoms with Gasteiger partial charge >= 0.3 is 0 Å². The van der Waals surface area contributed by atoms with Crippen molar-refractivity contribution in [3.63, 3.8) is 0 Å². The zero-order valence-electron chi connectivity index (χ0n) is 10.6. The highest BCUT2D eigenvalue weighted by Crippen LogP contribution is 2.34. The molecule has 0 saturated carbocycles. The maximum atomic E-state index is 6.50. The molecule has 1 aliphatic carbocycles. The molecule has 0 aliphatic heterocycles. The molecule has 0 unspecified atom stereocenters. The second-order valence-electron chi connectivity index (χ2n) is 5.10. The Hall–Kier alpha value is -0.863. The Labute approximate surface area is 109 Å². The monoisotopic (exact) mass is 263 g/mol. The zero-order valence-corrected chi connectivity index (χ0v) is 12.4. The molecule has 17 heavy (non-hydrogen) atoms. The van der Waals surface area contributed by atoms with Crippen LogP contribution in [0.3, 0.4) is 0 Å². The largest absolute Gasteiger partial charge is 0.261 e. The SMILES string of the molecule is CC1=C(Cc2ccccn2)CC([Si](C)(C)Cl)=C1. The first-order valence-corrected chi connectivity index (χ1v) is 9.96. The summed E-state index contributed by atoms with van der Waals surface area (Å²) >= 11 is 6.50. The van der Waals surface area contributed by atoms with Gasteiger partial charge in [-0.2, -0.15) is 11.1 Å². The molecular weight excluding hydrogens is 246 g/mol. The predicted octanol–water partition coefficient (Wildman–Crippen LogP) is 4.25. The van der Waals surface area contributed by atoms with Crippen molar-refractivity contribution in [1.82, 2.24) is 4.98 Å². The van der Waals surface area contributed by atoms with E-state index in [0.29, 0.717) is 0 Å². The average molecular weight is 264 g/mol. The van der Waals surface area contributed by atoms with Gasteiger partial charge in [-0.1, -0.05) is 41.6 Å². The minimum atomic E-state index is -1.65. The number of allylic oxidation sites excluding steroid dienone is 4. The Morgan fingerprint density at radius 3 is 2.65 bits per heavy atom. The molecule has 1 aromatic heterocycles. The summed E-state index contributed by atoms with van der Waals surface area (Å²) in [6.07, 6.45) is 6.14. The van der Waals surface area contributed by atoms with E-state index in [4.69, 9.17) is 11.1 Å². The number of hydrogen-bond donors (Lipinski definition) is 0. The Balaban J connectivity index is 2.10. The molecule has 1 heterocycles. The lowest BCUT2D eigenvalue weighted by molar-refractivity contribution is 0.998. The summed E-state index contributed by atoms with van der Waals surface area (Å²) in [4.78, 5) is 4.38. The first kappa shape index (κ1) is 12.6. The van der Waals surface area contributed by atoms with Crippen LogP contribution in [0, 0.1) is 0 Å². The van der Waals surface area contributed by atoms with Crippen molar-refractivity contribution in [2.75, 3.05) is 0 Å². The molecule has 0 radical (unpaired) electrons. The fourth-order valence-corrected chi connectivity index (χ4v) is 3.65. The van der Waals surface area contributed by atoms with Crippen LogP contribution in [0.2, 0.25) is 13.1 Å². The summed E-state index contributed by atoms with van der Waals surface area (Å²) in [5, 5.41) is 1.45. The quantitative estimate of drug-likeness (QED) is 0.587. The smallest absolute Gasteiger partial charge is 0.177 e. The molecule has 0 aromatic carbocycles. The molecule has 1 nitrogen and oxygen atoms in total. The van der Waals surface area contributed by atoms with Gasteiger partial charge in [-0.15, -0.1) is 0 Å². The molecule has 1 aromatic rings. The highest BCUT2D eigenvalue weighted by molar-refractivity contribution is 7.23. The van der Waals surface area contributed by atoms with Crippen LogP contribution in [-0.2, 0) is 6.42 Å². The number of hydrogen-bond acceptors (Lipinski definition) is 1. The van der Waals surface area contributed by atoms with Crippen LogP contribution in [0.1, 0.15) is 19.0 Å². The van der Waals surface area contributed by atoms with Crippen molar-refractivity contribution < 1.29 is 0 Å². The highest BCUT2D eigenvalue weighted by atomic mass is 35.6. The van der Waals surface area contributed by atoms with Gasteiger partial charge in [0.25, 0.3) is 0 Å². The van der Waals surface area contributed by atoms with Gasteiger partial charge < -0.3 is 0 Å². The molecule has 0 spiro atoms. The van der Waals surface area contributed by atoms with E-state index in [9.17, 15) is 0 Å². The van der Waals surface area contributed by atoms with Gasteiger partial charge in [-0.25, -0.2) is 0 Å². The number of nitrogens with zero attached hydrogens (tertiary/aromatic N) is 1. The molecule has 2 rings (SSSR count). The summed E-state index contributed by atoms with van der Waals surface area (Å²) in [5.74, 6) is 0. The highest BCUT2D eigenvalue weighted by Gasteiger charge is 2.27. The van der Waals surface area contributed by atoms with Crippen LogP contribution in [0.15, 0.2) is 46.8 Å². The maximum absolute atomic E-state index is 6.50. The summed E-state index contributed by atoms with van der Waals surface area (Å²) in [7, 11) is -1.65. The lowest BCUT2D eigenvalue weighted by atomic mass is 10.1. The van der Waals surface area contributed by atoms with E-state index in [-0.39, 0.29) is 0 Å². The first-order chi connectivity index (χ1) is 7.97. The summed E-state index contributed by atoms with van der Waals surface area (Å²) in [5.41, 5.74) is 4.00. The van der Waals surface area contributed by atoms with E-state index in [1.165, 1.54) is 16.3 Å². The molecule has 0 N–H and O–H groups in total. The van der Waals surface area contributed by atoms with E-state index in [1.807, 2.05) is 18.3 Å². The second-order valence-corrected chi connectivity index (χ2v) is 11.5. The normalized spacial score (nSPS) is 16.4. The molecule has 1 aliphatic rings. The third-order valence-corrected chi connectivity index (χ3v) is 5.81. The summed E-state index contributed by atoms with van der Waals surface area (Å²) < 4.78 is 0. The summed E-state index contributed by atoms with van der Waals surface area (Å²) in [6, 6.07) is 6.08. The molecule has 0 atom stereocenters. The summed E-state index contributed by atoms with van der Waals surface area (Å²) in [6.45, 7) is 6.57. The van der Waals surface area contributed by atoms with Crippen molar-refractivity contribution >= 4 is 18.5 Å². The van der Waals surface area contributed by atoms with Crippen molar-refractivity contribution in [2.45, 2.75) is 32.9 Å². The van der Waals surface area contributed by atoms with Crippen LogP contribution < -0.4 is 0 Å². The number of rotatable bonds is 3. The zero-order chi connectivity index (χ0) is 12.5. The standard InChI is InChI=1S/C14H18ClNSi/c1-11-8-14(17(2,3)15)10-12(11)9-13-6-4-5-7-16-13/h4-8H,9-10H2,1-3H3. The average Bonchev–Trinajstić information content (AvgIpc) is 2.62. The predicted molar refractivity (Wildman–Crippen MR) is 76.7 cm³/mol. The Bertz CT molecular complexity index is 469. The first-order valence-electron chi connectivity index (χ1n) is 5.95. The van der Waals surface area contributed by atoms with Crippen molar-refractivity contribution in [2.24, 2.45) is 0 Å². The molecule has 90 valence electrons. The van der Waals surface area contributed by atoms with Crippen LogP contribution in [0.4, 0.5) is 0 Å². The van der Waals surface area contributed by atoms with Crippen LogP contribution in [0.25, 0.3) is 0 Å². The third kappa shape index (κ3) is 3.08. The van der Waals surface area contributed by atoms with Gasteiger partial charge in [0, 0.05) is 18.3 Å². The fourth-order valence-electron chi connectivity index (χ4n) is 2.09. The van der Waals surface area contributed by atoms with Gasteiger partial charge in [0.1, 0.15) is 0 Å². The van der Waals surface area contributed by atoms with Gasteiger partial charge in [0.15, 0.2) is 7.38 Å². The van der Waals surface area contributed by atoms with Gasteiger partial charge in [0.2, 0.25) is 0 Å². The van der Waals surface area contributed by atoms with Crippen molar-refractivity contribution in [3.8, 4) is 0 Å². The van der Waals surface area contributed by atoms with Gasteiger partial charge in [-0.3, -0.25) is 4.98 Å². The van der Waals surface area contributed by atoms with E-state index in [2.05, 4.69) is 37.1 Å². The van der Waals surface area contributed by atoms with E-state index in [0.717, 1.165) is 18.5 Å². The molecular formula is C14H18ClNSi. The van der Waals surface area contributed by atoms with Gasteiger partial charge in [-0.05, 0) is 25.5 Å². The van der Waals surface area contributed by atoms with E-state index in [1.54, 1.807) is 0 Å². The van der Waals surface area contributed by atoms with Crippen molar-refractivity contribution in [1.29, 1.82) is 0 Å².